The highest BCUT2D eigenvalue weighted by atomic mass is 35.5. The van der Waals surface area contributed by atoms with Gasteiger partial charge in [-0.2, -0.15) is 10.5 Å². The number of hydrogen-bond donors (Lipinski definition) is 0. The van der Waals surface area contributed by atoms with Crippen molar-refractivity contribution >= 4 is 11.6 Å². The van der Waals surface area contributed by atoms with Crippen molar-refractivity contribution in [3.63, 3.8) is 0 Å². The molecule has 0 spiro atoms. The molecule has 110 valence electrons. The Bertz CT molecular complexity index is 716. The summed E-state index contributed by atoms with van der Waals surface area (Å²) in [6, 6.07) is 18.9. The van der Waals surface area contributed by atoms with E-state index in [1.54, 1.807) is 24.3 Å². The van der Waals surface area contributed by atoms with Crippen LogP contribution in [0.3, 0.4) is 0 Å². The number of nitrogens with zero attached hydrogens (tertiary/aromatic N) is 2. The van der Waals surface area contributed by atoms with Crippen molar-refractivity contribution in [1.29, 1.82) is 10.5 Å². The Morgan fingerprint density at radius 3 is 2.64 bits per heavy atom. The van der Waals surface area contributed by atoms with E-state index in [2.05, 4.69) is 12.1 Å². The van der Waals surface area contributed by atoms with Gasteiger partial charge in [0.25, 0.3) is 0 Å². The number of hydrogen-bond acceptors (Lipinski definition) is 3. The summed E-state index contributed by atoms with van der Waals surface area (Å²) in [5.74, 6) is 0.423. The monoisotopic (exact) mass is 310 g/mol. The van der Waals surface area contributed by atoms with Gasteiger partial charge < -0.3 is 4.74 Å². The van der Waals surface area contributed by atoms with E-state index in [1.165, 1.54) is 0 Å². The van der Waals surface area contributed by atoms with Crippen molar-refractivity contribution in [2.24, 2.45) is 0 Å². The van der Waals surface area contributed by atoms with E-state index < -0.39 is 0 Å². The Morgan fingerprint density at radius 1 is 1.09 bits per heavy atom. The van der Waals surface area contributed by atoms with Crippen LogP contribution < -0.4 is 4.74 Å². The zero-order chi connectivity index (χ0) is 15.8. The summed E-state index contributed by atoms with van der Waals surface area (Å²) in [7, 11) is 0. The molecule has 2 aromatic rings. The first-order valence-electron chi connectivity index (χ1n) is 7.01. The maximum absolute atomic E-state index is 9.31. The Balaban J connectivity index is 1.88. The highest BCUT2D eigenvalue weighted by Crippen LogP contribution is 2.25. The average molecular weight is 311 g/mol. The minimum absolute atomic E-state index is 0.233. The van der Waals surface area contributed by atoms with Crippen molar-refractivity contribution in [2.75, 3.05) is 6.61 Å². The number of ether oxygens (including phenoxy) is 1. The maximum Gasteiger partial charge on any atom is 0.137 e. The number of rotatable bonds is 6. The Hall–Kier alpha value is -2.49. The second-order valence-corrected chi connectivity index (χ2v) is 5.25. The van der Waals surface area contributed by atoms with Gasteiger partial charge >= 0.3 is 0 Å². The van der Waals surface area contributed by atoms with Gasteiger partial charge in [0.15, 0.2) is 0 Å². The summed E-state index contributed by atoms with van der Waals surface area (Å²) in [5.41, 5.74) is 1.45. The van der Waals surface area contributed by atoms with Crippen LogP contribution in [0.25, 0.3) is 0 Å². The summed E-state index contributed by atoms with van der Waals surface area (Å²) >= 11 is 6.01. The van der Waals surface area contributed by atoms with Crippen LogP contribution in [0.2, 0.25) is 5.02 Å². The summed E-state index contributed by atoms with van der Waals surface area (Å²) in [4.78, 5) is 0. The molecule has 0 aliphatic carbocycles. The first-order chi connectivity index (χ1) is 10.7. The van der Waals surface area contributed by atoms with E-state index in [9.17, 15) is 5.26 Å². The number of halogens is 1. The van der Waals surface area contributed by atoms with Gasteiger partial charge in [0.2, 0.25) is 0 Å². The van der Waals surface area contributed by atoms with Crippen molar-refractivity contribution in [3.05, 3.63) is 64.7 Å². The zero-order valence-electron chi connectivity index (χ0n) is 12.0. The fourth-order valence-electron chi connectivity index (χ4n) is 2.16. The minimum Gasteiger partial charge on any atom is -0.492 e. The lowest BCUT2D eigenvalue weighted by molar-refractivity contribution is 0.305. The number of benzene rings is 2. The molecule has 0 aromatic heterocycles. The minimum atomic E-state index is -0.233. The summed E-state index contributed by atoms with van der Waals surface area (Å²) in [6.07, 6.45) is 1.41. The lowest BCUT2D eigenvalue weighted by Gasteiger charge is -2.11. The molecule has 2 rings (SSSR count). The summed E-state index contributed by atoms with van der Waals surface area (Å²) in [5, 5.41) is 18.8. The van der Waals surface area contributed by atoms with E-state index in [4.69, 9.17) is 21.6 Å². The summed E-state index contributed by atoms with van der Waals surface area (Å²) in [6.45, 7) is 0.500. The first-order valence-corrected chi connectivity index (χ1v) is 7.39. The molecular weight excluding hydrogens is 296 g/mol. The van der Waals surface area contributed by atoms with E-state index in [0.29, 0.717) is 29.4 Å². The molecule has 0 amide bonds. The molecule has 3 nitrogen and oxygen atoms in total. The largest absolute Gasteiger partial charge is 0.492 e. The second-order valence-electron chi connectivity index (χ2n) is 4.84. The zero-order valence-corrected chi connectivity index (χ0v) is 12.8. The fourth-order valence-corrected chi connectivity index (χ4v) is 2.35. The van der Waals surface area contributed by atoms with Crippen LogP contribution in [0.4, 0.5) is 0 Å². The average Bonchev–Trinajstić information content (AvgIpc) is 2.56. The van der Waals surface area contributed by atoms with Crippen molar-refractivity contribution in [3.8, 4) is 17.9 Å². The van der Waals surface area contributed by atoms with Crippen LogP contribution in [0.1, 0.15) is 29.9 Å². The number of para-hydroxylation sites is 1. The topological polar surface area (TPSA) is 56.8 Å². The van der Waals surface area contributed by atoms with Gasteiger partial charge in [0.05, 0.1) is 35.2 Å². The van der Waals surface area contributed by atoms with Crippen LogP contribution in [0, 0.1) is 22.7 Å². The molecule has 0 saturated carbocycles. The van der Waals surface area contributed by atoms with E-state index in [-0.39, 0.29) is 5.92 Å². The van der Waals surface area contributed by atoms with E-state index in [0.717, 1.165) is 12.0 Å². The first kappa shape index (κ1) is 15.9. The molecule has 0 saturated heterocycles. The SMILES string of the molecule is N#Cc1cccc(C(C#N)CCCOc2ccccc2Cl)c1. The Kier molecular flexibility index (Phi) is 5.83. The molecule has 1 atom stereocenters. The predicted molar refractivity (Wildman–Crippen MR) is 85.7 cm³/mol. The van der Waals surface area contributed by atoms with E-state index in [1.807, 2.05) is 24.3 Å². The highest BCUT2D eigenvalue weighted by molar-refractivity contribution is 6.32. The van der Waals surface area contributed by atoms with Gasteiger partial charge in [0.1, 0.15) is 5.75 Å². The van der Waals surface area contributed by atoms with Gasteiger partial charge in [-0.05, 0) is 42.7 Å². The highest BCUT2D eigenvalue weighted by Gasteiger charge is 2.11. The quantitative estimate of drug-likeness (QED) is 0.728. The molecule has 0 N–H and O–H groups in total. The molecule has 0 aliphatic rings. The van der Waals surface area contributed by atoms with Crippen LogP contribution in [-0.2, 0) is 0 Å². The third kappa shape index (κ3) is 4.25. The predicted octanol–water partition coefficient (Wildman–Crippen LogP) is 4.68. The molecule has 22 heavy (non-hydrogen) atoms. The van der Waals surface area contributed by atoms with Crippen LogP contribution in [0.5, 0.6) is 5.75 Å². The molecule has 0 bridgehead atoms. The van der Waals surface area contributed by atoms with E-state index >= 15 is 0 Å². The number of nitriles is 2. The Labute approximate surface area is 135 Å². The van der Waals surface area contributed by atoms with Crippen LogP contribution >= 0.6 is 11.6 Å². The van der Waals surface area contributed by atoms with Gasteiger partial charge in [-0.1, -0.05) is 35.9 Å². The lowest BCUT2D eigenvalue weighted by atomic mass is 9.94. The molecule has 1 unspecified atom stereocenters. The van der Waals surface area contributed by atoms with Crippen molar-refractivity contribution < 1.29 is 4.74 Å². The molecule has 0 heterocycles. The molecular formula is C18H15ClN2O. The molecule has 4 heteroatoms. The van der Waals surface area contributed by atoms with Gasteiger partial charge in [-0.15, -0.1) is 0 Å². The summed E-state index contributed by atoms with van der Waals surface area (Å²) < 4.78 is 5.62. The third-order valence-electron chi connectivity index (χ3n) is 3.31. The molecule has 0 aliphatic heterocycles. The molecule has 0 fully saturated rings. The van der Waals surface area contributed by atoms with Gasteiger partial charge in [-0.3, -0.25) is 0 Å². The standard InChI is InChI=1S/C18H15ClN2O/c19-17-8-1-2-9-18(17)22-10-4-7-16(13-21)15-6-3-5-14(11-15)12-20/h1-3,5-6,8-9,11,16H,4,7,10H2. The smallest absolute Gasteiger partial charge is 0.137 e. The molecule has 0 radical (unpaired) electrons. The lowest BCUT2D eigenvalue weighted by Crippen LogP contribution is -2.02. The third-order valence-corrected chi connectivity index (χ3v) is 3.62. The van der Waals surface area contributed by atoms with Gasteiger partial charge in [0, 0.05) is 0 Å². The van der Waals surface area contributed by atoms with Gasteiger partial charge in [-0.25, -0.2) is 0 Å². The normalized spacial score (nSPS) is 11.2. The second kappa shape index (κ2) is 8.08. The maximum atomic E-state index is 9.31. The molecule has 2 aromatic carbocycles. The van der Waals surface area contributed by atoms with Crippen LogP contribution in [0.15, 0.2) is 48.5 Å². The van der Waals surface area contributed by atoms with Crippen molar-refractivity contribution in [1.82, 2.24) is 0 Å². The Morgan fingerprint density at radius 2 is 1.91 bits per heavy atom. The van der Waals surface area contributed by atoms with Crippen molar-refractivity contribution in [2.45, 2.75) is 18.8 Å². The fraction of sp³-hybridized carbons (Fsp3) is 0.222. The van der Waals surface area contributed by atoms with Crippen LogP contribution in [-0.4, -0.2) is 6.61 Å².